The molecule has 0 N–H and O–H groups in total. The van der Waals surface area contributed by atoms with Crippen molar-refractivity contribution in [3.63, 3.8) is 0 Å². The van der Waals surface area contributed by atoms with Crippen molar-refractivity contribution < 1.29 is 4.79 Å². The molecule has 3 aromatic rings. The van der Waals surface area contributed by atoms with E-state index in [-0.39, 0.29) is 5.78 Å². The smallest absolute Gasteiger partial charge is 0.186 e. The van der Waals surface area contributed by atoms with E-state index >= 15 is 0 Å². The maximum atomic E-state index is 12.0. The van der Waals surface area contributed by atoms with Crippen LogP contribution in [0.2, 0.25) is 5.02 Å². The van der Waals surface area contributed by atoms with Crippen molar-refractivity contribution in [2.75, 3.05) is 0 Å². The van der Waals surface area contributed by atoms with Crippen molar-refractivity contribution in [1.29, 1.82) is 0 Å². The largest absolute Gasteiger partial charge is 0.289 e. The molecule has 2 nitrogen and oxygen atoms in total. The summed E-state index contributed by atoms with van der Waals surface area (Å²) in [6, 6.07) is 16.9. The van der Waals surface area contributed by atoms with Crippen molar-refractivity contribution >= 4 is 40.5 Å². The SMILES string of the molecule is O=C(/C=C\Sc1nc(-c2ccccc2)cs1)c1ccc(Cl)cc1. The Kier molecular flexibility index (Phi) is 5.28. The number of carbonyl (C=O) groups excluding carboxylic acids is 1. The molecule has 0 atom stereocenters. The van der Waals surface area contributed by atoms with Crippen molar-refractivity contribution in [2.45, 2.75) is 4.34 Å². The summed E-state index contributed by atoms with van der Waals surface area (Å²) in [6.07, 6.45) is 1.55. The first-order valence-corrected chi connectivity index (χ1v) is 9.00. The van der Waals surface area contributed by atoms with Crippen molar-refractivity contribution in [3.05, 3.63) is 82.0 Å². The van der Waals surface area contributed by atoms with Crippen molar-refractivity contribution in [1.82, 2.24) is 4.98 Å². The van der Waals surface area contributed by atoms with Gasteiger partial charge in [-0.05, 0) is 35.7 Å². The first-order chi connectivity index (χ1) is 11.2. The number of allylic oxidation sites excluding steroid dienone is 1. The summed E-state index contributed by atoms with van der Waals surface area (Å²) in [5.74, 6) is -0.0472. The summed E-state index contributed by atoms with van der Waals surface area (Å²) >= 11 is 8.82. The Morgan fingerprint density at radius 1 is 1.09 bits per heavy atom. The number of thioether (sulfide) groups is 1. The monoisotopic (exact) mass is 357 g/mol. The molecule has 0 spiro atoms. The van der Waals surface area contributed by atoms with E-state index in [4.69, 9.17) is 11.6 Å². The molecule has 5 heteroatoms. The summed E-state index contributed by atoms with van der Waals surface area (Å²) in [5.41, 5.74) is 2.67. The Labute approximate surface area is 147 Å². The third kappa shape index (κ3) is 4.32. The molecule has 0 unspecified atom stereocenters. The minimum absolute atomic E-state index is 0.0472. The lowest BCUT2D eigenvalue weighted by atomic mass is 10.1. The highest BCUT2D eigenvalue weighted by Crippen LogP contribution is 2.28. The maximum Gasteiger partial charge on any atom is 0.186 e. The predicted octanol–water partition coefficient (Wildman–Crippen LogP) is 5.95. The molecule has 114 valence electrons. The lowest BCUT2D eigenvalue weighted by Crippen LogP contribution is -1.92. The van der Waals surface area contributed by atoms with Crippen LogP contribution in [0.4, 0.5) is 0 Å². The van der Waals surface area contributed by atoms with Crippen LogP contribution in [0.1, 0.15) is 10.4 Å². The van der Waals surface area contributed by atoms with Crippen molar-refractivity contribution in [3.8, 4) is 11.3 Å². The van der Waals surface area contributed by atoms with Crippen LogP contribution in [-0.2, 0) is 0 Å². The van der Waals surface area contributed by atoms with Gasteiger partial charge in [0.25, 0.3) is 0 Å². The standard InChI is InChI=1S/C18H12ClNOS2/c19-15-8-6-14(7-9-15)17(21)10-11-22-18-20-16(12-23-18)13-4-2-1-3-5-13/h1-12H/b11-10-. The van der Waals surface area contributed by atoms with E-state index in [1.54, 1.807) is 47.1 Å². The molecule has 2 aromatic carbocycles. The first kappa shape index (κ1) is 16.0. The van der Waals surface area contributed by atoms with Gasteiger partial charge in [-0.1, -0.05) is 53.7 Å². The summed E-state index contributed by atoms with van der Waals surface area (Å²) in [5, 5.41) is 4.41. The minimum Gasteiger partial charge on any atom is -0.289 e. The number of carbonyl (C=O) groups is 1. The van der Waals surface area contributed by atoms with Gasteiger partial charge < -0.3 is 0 Å². The summed E-state index contributed by atoms with van der Waals surface area (Å²) < 4.78 is 0.906. The highest BCUT2D eigenvalue weighted by Gasteiger charge is 2.04. The predicted molar refractivity (Wildman–Crippen MR) is 98.3 cm³/mol. The molecule has 1 aromatic heterocycles. The fraction of sp³-hybridized carbons (Fsp3) is 0. The third-order valence-electron chi connectivity index (χ3n) is 3.07. The fourth-order valence-corrected chi connectivity index (χ4v) is 3.59. The summed E-state index contributed by atoms with van der Waals surface area (Å²) in [6.45, 7) is 0. The second-order valence-corrected chi connectivity index (χ2v) is 7.10. The van der Waals surface area contributed by atoms with E-state index in [1.807, 2.05) is 35.7 Å². The van der Waals surface area contributed by atoms with Crippen molar-refractivity contribution in [2.24, 2.45) is 0 Å². The van der Waals surface area contributed by atoms with Crippen LogP contribution in [0, 0.1) is 0 Å². The second kappa shape index (κ2) is 7.59. The van der Waals surface area contributed by atoms with Gasteiger partial charge in [0.15, 0.2) is 10.1 Å². The van der Waals surface area contributed by atoms with Crippen LogP contribution in [0.5, 0.6) is 0 Å². The molecule has 3 rings (SSSR count). The zero-order valence-corrected chi connectivity index (χ0v) is 14.4. The summed E-state index contributed by atoms with van der Waals surface area (Å²) in [7, 11) is 0. The van der Waals surface area contributed by atoms with E-state index in [0.717, 1.165) is 15.6 Å². The number of aromatic nitrogens is 1. The molecule has 0 amide bonds. The van der Waals surface area contributed by atoms with E-state index in [9.17, 15) is 4.79 Å². The van der Waals surface area contributed by atoms with Gasteiger partial charge in [0.1, 0.15) is 0 Å². The number of halogens is 1. The van der Waals surface area contributed by atoms with Gasteiger partial charge in [-0.25, -0.2) is 4.98 Å². The highest BCUT2D eigenvalue weighted by molar-refractivity contribution is 8.03. The normalized spacial score (nSPS) is 11.0. The average molecular weight is 358 g/mol. The molecule has 0 saturated carbocycles. The molecule has 0 aliphatic carbocycles. The van der Waals surface area contributed by atoms with E-state index < -0.39 is 0 Å². The van der Waals surface area contributed by atoms with Gasteiger partial charge in [0, 0.05) is 21.5 Å². The number of ketones is 1. The molecule has 0 saturated heterocycles. The Morgan fingerprint density at radius 2 is 1.83 bits per heavy atom. The van der Waals surface area contributed by atoms with Crippen LogP contribution < -0.4 is 0 Å². The third-order valence-corrected chi connectivity index (χ3v) is 5.10. The molecule has 0 aliphatic rings. The molecule has 0 radical (unpaired) electrons. The molecule has 0 fully saturated rings. The fourth-order valence-electron chi connectivity index (χ4n) is 1.92. The number of nitrogens with zero attached hydrogens (tertiary/aromatic N) is 1. The maximum absolute atomic E-state index is 12.0. The van der Waals surface area contributed by atoms with Gasteiger partial charge in [-0.2, -0.15) is 0 Å². The quantitative estimate of drug-likeness (QED) is 0.321. The molecule has 0 bridgehead atoms. The highest BCUT2D eigenvalue weighted by atomic mass is 35.5. The lowest BCUT2D eigenvalue weighted by Gasteiger charge is -1.95. The Hall–Kier alpha value is -1.88. The molecule has 0 aliphatic heterocycles. The Balaban J connectivity index is 1.63. The zero-order chi connectivity index (χ0) is 16.1. The number of hydrogen-bond acceptors (Lipinski definition) is 4. The van der Waals surface area contributed by atoms with Gasteiger partial charge in [-0.15, -0.1) is 11.3 Å². The number of thiazole rings is 1. The minimum atomic E-state index is -0.0472. The number of hydrogen-bond donors (Lipinski definition) is 0. The topological polar surface area (TPSA) is 30.0 Å². The van der Waals surface area contributed by atoms with Gasteiger partial charge in [0.05, 0.1) is 5.69 Å². The van der Waals surface area contributed by atoms with E-state index in [2.05, 4.69) is 4.98 Å². The van der Waals surface area contributed by atoms with Gasteiger partial charge in [0.2, 0.25) is 0 Å². The van der Waals surface area contributed by atoms with E-state index in [1.165, 1.54) is 11.8 Å². The average Bonchev–Trinajstić information content (AvgIpc) is 3.05. The Bertz CT molecular complexity index is 826. The molecule has 23 heavy (non-hydrogen) atoms. The van der Waals surface area contributed by atoms with Crippen LogP contribution in [0.25, 0.3) is 11.3 Å². The number of benzene rings is 2. The van der Waals surface area contributed by atoms with Crippen LogP contribution in [0.3, 0.4) is 0 Å². The molecule has 1 heterocycles. The lowest BCUT2D eigenvalue weighted by molar-refractivity contribution is 0.104. The summed E-state index contributed by atoms with van der Waals surface area (Å²) in [4.78, 5) is 16.6. The van der Waals surface area contributed by atoms with E-state index in [0.29, 0.717) is 10.6 Å². The Morgan fingerprint density at radius 3 is 2.57 bits per heavy atom. The van der Waals surface area contributed by atoms with Gasteiger partial charge >= 0.3 is 0 Å². The van der Waals surface area contributed by atoms with Gasteiger partial charge in [-0.3, -0.25) is 4.79 Å². The number of rotatable bonds is 5. The molecular weight excluding hydrogens is 346 g/mol. The zero-order valence-electron chi connectivity index (χ0n) is 12.0. The second-order valence-electron chi connectivity index (χ2n) is 4.66. The van der Waals surface area contributed by atoms with Crippen LogP contribution in [0.15, 0.2) is 75.8 Å². The molecular formula is C18H12ClNOS2. The van der Waals surface area contributed by atoms with Crippen LogP contribution in [-0.4, -0.2) is 10.8 Å². The first-order valence-electron chi connectivity index (χ1n) is 6.86. The van der Waals surface area contributed by atoms with Crippen LogP contribution >= 0.6 is 34.7 Å².